The molecule has 1 aliphatic rings. The van der Waals surface area contributed by atoms with Crippen LogP contribution in [0.1, 0.15) is 25.7 Å². The summed E-state index contributed by atoms with van der Waals surface area (Å²) in [5, 5.41) is 12.0. The maximum Gasteiger partial charge on any atom is 0.329 e. The zero-order valence-electron chi connectivity index (χ0n) is 10.9. The molecule has 0 spiro atoms. The predicted molar refractivity (Wildman–Crippen MR) is 73.9 cm³/mol. The van der Waals surface area contributed by atoms with Crippen LogP contribution in [0.3, 0.4) is 0 Å². The molecule has 0 radical (unpaired) electrons. The second kappa shape index (κ2) is 6.13. The number of para-hydroxylation sites is 1. The van der Waals surface area contributed by atoms with Gasteiger partial charge >= 0.3 is 5.97 Å². The molecule has 0 aliphatic heterocycles. The first-order chi connectivity index (χ1) is 9.53. The quantitative estimate of drug-likeness (QED) is 0.757. The highest BCUT2D eigenvalue weighted by atomic mass is 35.5. The minimum Gasteiger partial charge on any atom is -0.492 e. The zero-order chi connectivity index (χ0) is 14.6. The van der Waals surface area contributed by atoms with Gasteiger partial charge in [-0.25, -0.2) is 4.79 Å². The van der Waals surface area contributed by atoms with Crippen LogP contribution in [0, 0.1) is 0 Å². The van der Waals surface area contributed by atoms with Gasteiger partial charge in [-0.3, -0.25) is 4.79 Å². The summed E-state index contributed by atoms with van der Waals surface area (Å²) in [5.41, 5.74) is -1.01. The lowest BCUT2D eigenvalue weighted by atomic mass is 10.2. The molecule has 2 rings (SSSR count). The number of benzene rings is 1. The summed E-state index contributed by atoms with van der Waals surface area (Å²) < 4.78 is 5.45. The molecular weight excluding hydrogens is 282 g/mol. The van der Waals surface area contributed by atoms with Crippen molar-refractivity contribution in [1.29, 1.82) is 0 Å². The molecule has 1 aliphatic carbocycles. The Morgan fingerprint density at radius 3 is 2.65 bits per heavy atom. The summed E-state index contributed by atoms with van der Waals surface area (Å²) in [6, 6.07) is 7.11. The maximum absolute atomic E-state index is 11.6. The monoisotopic (exact) mass is 297 g/mol. The van der Waals surface area contributed by atoms with Crippen molar-refractivity contribution in [3.05, 3.63) is 29.3 Å². The smallest absolute Gasteiger partial charge is 0.329 e. The van der Waals surface area contributed by atoms with Crippen molar-refractivity contribution in [3.8, 4) is 5.75 Å². The summed E-state index contributed by atoms with van der Waals surface area (Å²) in [7, 11) is 0. The maximum atomic E-state index is 11.6. The number of rotatable bonds is 7. The molecule has 0 aromatic heterocycles. The summed E-state index contributed by atoms with van der Waals surface area (Å²) in [6.07, 6.45) is 1.75. The van der Waals surface area contributed by atoms with E-state index in [1.807, 2.05) is 12.1 Å². The molecule has 6 heteroatoms. The van der Waals surface area contributed by atoms with Gasteiger partial charge in [-0.15, -0.1) is 0 Å². The van der Waals surface area contributed by atoms with E-state index in [0.717, 1.165) is 0 Å². The third-order valence-electron chi connectivity index (χ3n) is 3.18. The number of carbonyl (C=O) groups excluding carboxylic acids is 1. The molecule has 2 N–H and O–H groups in total. The molecule has 0 bridgehead atoms. The Kier molecular flexibility index (Phi) is 4.49. The molecule has 0 unspecified atom stereocenters. The van der Waals surface area contributed by atoms with Gasteiger partial charge in [-0.05, 0) is 31.4 Å². The number of aliphatic carboxylic acids is 1. The summed E-state index contributed by atoms with van der Waals surface area (Å²) in [4.78, 5) is 22.5. The lowest BCUT2D eigenvalue weighted by molar-refractivity contribution is -0.143. The molecule has 0 heterocycles. The molecule has 1 saturated carbocycles. The van der Waals surface area contributed by atoms with E-state index >= 15 is 0 Å². The van der Waals surface area contributed by atoms with Gasteiger partial charge in [0.1, 0.15) is 11.3 Å². The van der Waals surface area contributed by atoms with E-state index in [2.05, 4.69) is 5.32 Å². The molecule has 108 valence electrons. The standard InChI is InChI=1S/C14H16ClNO4/c15-10-4-1-2-5-11(10)20-9-3-6-12(17)16-14(7-8-14)13(18)19/h1-2,4-5H,3,6-9H2,(H,16,17)(H,18,19). The van der Waals surface area contributed by atoms with E-state index in [-0.39, 0.29) is 12.3 Å². The molecule has 1 fully saturated rings. The van der Waals surface area contributed by atoms with Gasteiger partial charge < -0.3 is 15.2 Å². The Bertz CT molecular complexity index is 514. The van der Waals surface area contributed by atoms with Crippen LogP contribution in [-0.4, -0.2) is 29.1 Å². The Morgan fingerprint density at radius 2 is 2.05 bits per heavy atom. The number of halogens is 1. The van der Waals surface area contributed by atoms with Gasteiger partial charge in [0, 0.05) is 6.42 Å². The number of carboxylic acid groups (broad SMARTS) is 1. The van der Waals surface area contributed by atoms with Crippen LogP contribution in [0.5, 0.6) is 5.75 Å². The fourth-order valence-electron chi connectivity index (χ4n) is 1.82. The van der Waals surface area contributed by atoms with Gasteiger partial charge in [0.2, 0.25) is 5.91 Å². The lowest BCUT2D eigenvalue weighted by Crippen LogP contribution is -2.43. The lowest BCUT2D eigenvalue weighted by Gasteiger charge is -2.12. The molecule has 0 atom stereocenters. The molecule has 1 amide bonds. The Hall–Kier alpha value is -1.75. The van der Waals surface area contributed by atoms with Crippen LogP contribution < -0.4 is 10.1 Å². The normalized spacial score (nSPS) is 15.4. The molecule has 1 aromatic rings. The van der Waals surface area contributed by atoms with Crippen LogP contribution in [0.15, 0.2) is 24.3 Å². The number of hydrogen-bond donors (Lipinski definition) is 2. The highest BCUT2D eigenvalue weighted by Gasteiger charge is 2.51. The molecule has 0 saturated heterocycles. The minimum absolute atomic E-state index is 0.236. The van der Waals surface area contributed by atoms with Crippen molar-refractivity contribution < 1.29 is 19.4 Å². The van der Waals surface area contributed by atoms with E-state index in [0.29, 0.717) is 36.6 Å². The first-order valence-corrected chi connectivity index (χ1v) is 6.83. The number of nitrogens with one attached hydrogen (secondary N) is 1. The van der Waals surface area contributed by atoms with E-state index in [1.165, 1.54) is 0 Å². The SMILES string of the molecule is O=C(CCCOc1ccccc1Cl)NC1(C(=O)O)CC1. The third-order valence-corrected chi connectivity index (χ3v) is 3.49. The van der Waals surface area contributed by atoms with Gasteiger partial charge in [0.05, 0.1) is 11.6 Å². The fourth-order valence-corrected chi connectivity index (χ4v) is 2.01. The largest absolute Gasteiger partial charge is 0.492 e. The topological polar surface area (TPSA) is 75.6 Å². The van der Waals surface area contributed by atoms with Crippen LogP contribution in [0.2, 0.25) is 5.02 Å². The number of carboxylic acids is 1. The first kappa shape index (κ1) is 14.7. The van der Waals surface area contributed by atoms with Crippen molar-refractivity contribution in [2.45, 2.75) is 31.2 Å². The van der Waals surface area contributed by atoms with E-state index in [1.54, 1.807) is 12.1 Å². The predicted octanol–water partition coefficient (Wildman–Crippen LogP) is 2.23. The van der Waals surface area contributed by atoms with Crippen LogP contribution in [0.4, 0.5) is 0 Å². The number of carbonyl (C=O) groups is 2. The van der Waals surface area contributed by atoms with Gasteiger partial charge in [0.25, 0.3) is 0 Å². The molecule has 20 heavy (non-hydrogen) atoms. The fraction of sp³-hybridized carbons (Fsp3) is 0.429. The summed E-state index contributed by atoms with van der Waals surface area (Å²) in [5.74, 6) is -0.635. The second-order valence-electron chi connectivity index (χ2n) is 4.82. The Labute approximate surface area is 121 Å². The van der Waals surface area contributed by atoms with Crippen LogP contribution >= 0.6 is 11.6 Å². The molecular formula is C14H16ClNO4. The van der Waals surface area contributed by atoms with Gasteiger partial charge in [-0.1, -0.05) is 23.7 Å². The number of ether oxygens (including phenoxy) is 1. The summed E-state index contributed by atoms with van der Waals surface area (Å²) in [6.45, 7) is 0.358. The van der Waals surface area contributed by atoms with E-state index in [4.69, 9.17) is 21.4 Å². The van der Waals surface area contributed by atoms with Crippen molar-refractivity contribution in [2.24, 2.45) is 0 Å². The molecule has 1 aromatic carbocycles. The molecule has 5 nitrogen and oxygen atoms in total. The first-order valence-electron chi connectivity index (χ1n) is 6.45. The average molecular weight is 298 g/mol. The second-order valence-corrected chi connectivity index (χ2v) is 5.23. The van der Waals surface area contributed by atoms with Crippen LogP contribution in [0.25, 0.3) is 0 Å². The Balaban J connectivity index is 1.68. The third kappa shape index (κ3) is 3.63. The summed E-state index contributed by atoms with van der Waals surface area (Å²) >= 11 is 5.93. The van der Waals surface area contributed by atoms with Crippen molar-refractivity contribution in [1.82, 2.24) is 5.32 Å². The van der Waals surface area contributed by atoms with Gasteiger partial charge in [-0.2, -0.15) is 0 Å². The van der Waals surface area contributed by atoms with Crippen molar-refractivity contribution >= 4 is 23.5 Å². The zero-order valence-corrected chi connectivity index (χ0v) is 11.7. The van der Waals surface area contributed by atoms with Gasteiger partial charge in [0.15, 0.2) is 0 Å². The highest BCUT2D eigenvalue weighted by molar-refractivity contribution is 6.32. The van der Waals surface area contributed by atoms with E-state index in [9.17, 15) is 9.59 Å². The van der Waals surface area contributed by atoms with Crippen molar-refractivity contribution in [3.63, 3.8) is 0 Å². The minimum atomic E-state index is -1.01. The van der Waals surface area contributed by atoms with Crippen LogP contribution in [-0.2, 0) is 9.59 Å². The van der Waals surface area contributed by atoms with Crippen molar-refractivity contribution in [2.75, 3.05) is 6.61 Å². The Morgan fingerprint density at radius 1 is 1.35 bits per heavy atom. The number of amides is 1. The average Bonchev–Trinajstić information content (AvgIpc) is 3.17. The number of hydrogen-bond acceptors (Lipinski definition) is 3. The van der Waals surface area contributed by atoms with E-state index < -0.39 is 11.5 Å². The highest BCUT2D eigenvalue weighted by Crippen LogP contribution is 2.35.